The van der Waals surface area contributed by atoms with Gasteiger partial charge < -0.3 is 9.34 Å². The highest BCUT2D eigenvalue weighted by atomic mass is 31.2. The number of anilines is 2. The summed E-state index contributed by atoms with van der Waals surface area (Å²) in [4.78, 5) is 0. The zero-order chi connectivity index (χ0) is 15.6. The van der Waals surface area contributed by atoms with Crippen LogP contribution in [0.25, 0.3) is 0 Å². The van der Waals surface area contributed by atoms with Gasteiger partial charge in [-0.15, -0.1) is 0 Å². The van der Waals surface area contributed by atoms with Crippen molar-refractivity contribution in [3.63, 3.8) is 0 Å². The fourth-order valence-electron chi connectivity index (χ4n) is 2.91. The van der Waals surface area contributed by atoms with Gasteiger partial charge in [0.2, 0.25) is 0 Å². The molecule has 0 aliphatic carbocycles. The maximum absolute atomic E-state index is 14.0. The molecule has 2 aromatic carbocycles. The van der Waals surface area contributed by atoms with Crippen LogP contribution in [0.5, 0.6) is 0 Å². The Bertz CT molecular complexity index is 648. The number of benzene rings is 2. The fourth-order valence-corrected chi connectivity index (χ4v) is 5.88. The van der Waals surface area contributed by atoms with Gasteiger partial charge in [-0.3, -0.25) is 4.57 Å². The Kier molecular flexibility index (Phi) is 4.08. The Morgan fingerprint density at radius 2 is 1.36 bits per heavy atom. The van der Waals surface area contributed by atoms with E-state index >= 15 is 0 Å². The van der Waals surface area contributed by atoms with E-state index in [9.17, 15) is 4.57 Å². The molecular formula is C18H21N2OP. The number of nitrogens with zero attached hydrogens (tertiary/aromatic N) is 2. The molecule has 1 aliphatic heterocycles. The second-order valence-electron chi connectivity index (χ2n) is 5.38. The van der Waals surface area contributed by atoms with Gasteiger partial charge in [-0.1, -0.05) is 49.9 Å². The van der Waals surface area contributed by atoms with Gasteiger partial charge in [0.05, 0.1) is 0 Å². The van der Waals surface area contributed by atoms with E-state index in [4.69, 9.17) is 0 Å². The van der Waals surface area contributed by atoms with Crippen LogP contribution in [0.4, 0.5) is 11.4 Å². The highest BCUT2D eigenvalue weighted by molar-refractivity contribution is 7.71. The molecule has 1 fully saturated rings. The van der Waals surface area contributed by atoms with Crippen LogP contribution in [-0.4, -0.2) is 13.1 Å². The molecule has 1 aliphatic rings. The molecule has 0 unspecified atom stereocenters. The van der Waals surface area contributed by atoms with E-state index < -0.39 is 7.44 Å². The highest BCUT2D eigenvalue weighted by Gasteiger charge is 2.44. The Morgan fingerprint density at radius 1 is 0.955 bits per heavy atom. The lowest BCUT2D eigenvalue weighted by Gasteiger charge is -2.33. The topological polar surface area (TPSA) is 23.6 Å². The first-order valence-electron chi connectivity index (χ1n) is 7.62. The van der Waals surface area contributed by atoms with Crippen LogP contribution in [-0.2, 0) is 4.57 Å². The molecule has 3 nitrogen and oxygen atoms in total. The summed E-state index contributed by atoms with van der Waals surface area (Å²) >= 11 is 0. The molecular weight excluding hydrogens is 291 g/mol. The van der Waals surface area contributed by atoms with Crippen molar-refractivity contribution in [2.24, 2.45) is 0 Å². The van der Waals surface area contributed by atoms with Crippen LogP contribution in [0, 0.1) is 0 Å². The normalized spacial score (nSPS) is 16.8. The van der Waals surface area contributed by atoms with Crippen molar-refractivity contribution in [1.29, 1.82) is 0 Å². The standard InChI is InChI=1S/C18H21N2OP/c1-3-16(2)22(21)19(17-10-6-4-7-11-17)14-15-20(22)18-12-8-5-9-13-18/h4-13H,2-3,14-15H2,1H3. The van der Waals surface area contributed by atoms with Crippen molar-refractivity contribution >= 4 is 18.8 Å². The minimum absolute atomic E-state index is 0.712. The first kappa shape index (κ1) is 14.9. The third-order valence-corrected chi connectivity index (χ3v) is 7.42. The zero-order valence-corrected chi connectivity index (χ0v) is 13.7. The van der Waals surface area contributed by atoms with Gasteiger partial charge in [0.1, 0.15) is 0 Å². The maximum atomic E-state index is 14.0. The maximum Gasteiger partial charge on any atom is 0.288 e. The Labute approximate surface area is 132 Å². The molecule has 0 atom stereocenters. The second-order valence-corrected chi connectivity index (χ2v) is 8.07. The Balaban J connectivity index is 2.07. The predicted octanol–water partition coefficient (Wildman–Crippen LogP) is 5.13. The summed E-state index contributed by atoms with van der Waals surface area (Å²) in [6, 6.07) is 20.0. The predicted molar refractivity (Wildman–Crippen MR) is 94.6 cm³/mol. The molecule has 1 heterocycles. The Hall–Kier alpha value is -1.99. The minimum atomic E-state index is -2.85. The molecule has 0 N–H and O–H groups in total. The van der Waals surface area contributed by atoms with Crippen molar-refractivity contribution in [2.75, 3.05) is 22.4 Å². The first-order valence-corrected chi connectivity index (χ1v) is 9.23. The van der Waals surface area contributed by atoms with Crippen LogP contribution in [0.3, 0.4) is 0 Å². The summed E-state index contributed by atoms with van der Waals surface area (Å²) in [6.45, 7) is 7.64. The van der Waals surface area contributed by atoms with Gasteiger partial charge in [-0.25, -0.2) is 0 Å². The molecule has 0 radical (unpaired) electrons. The van der Waals surface area contributed by atoms with Crippen molar-refractivity contribution < 1.29 is 4.57 Å². The molecule has 0 bridgehead atoms. The summed E-state index contributed by atoms with van der Waals surface area (Å²) < 4.78 is 18.0. The van der Waals surface area contributed by atoms with Crippen LogP contribution in [0.2, 0.25) is 0 Å². The largest absolute Gasteiger partial charge is 0.302 e. The smallest absolute Gasteiger partial charge is 0.288 e. The molecule has 0 aromatic heterocycles. The SMILES string of the molecule is C=C(CC)P1(=O)N(c2ccccc2)CCN1c1ccccc1. The molecule has 4 heteroatoms. The van der Waals surface area contributed by atoms with E-state index in [-0.39, 0.29) is 0 Å². The molecule has 2 aromatic rings. The lowest BCUT2D eigenvalue weighted by atomic mass is 10.3. The number of hydrogen-bond donors (Lipinski definition) is 0. The molecule has 0 saturated carbocycles. The molecule has 1 saturated heterocycles. The number of hydrogen-bond acceptors (Lipinski definition) is 1. The van der Waals surface area contributed by atoms with Crippen molar-refractivity contribution in [3.8, 4) is 0 Å². The van der Waals surface area contributed by atoms with Gasteiger partial charge in [-0.05, 0) is 30.7 Å². The van der Waals surface area contributed by atoms with Crippen LogP contribution < -0.4 is 9.34 Å². The highest BCUT2D eigenvalue weighted by Crippen LogP contribution is 2.65. The Morgan fingerprint density at radius 3 is 1.73 bits per heavy atom. The van der Waals surface area contributed by atoms with E-state index in [0.29, 0.717) is 6.42 Å². The third kappa shape index (κ3) is 2.36. The van der Waals surface area contributed by atoms with Gasteiger partial charge >= 0.3 is 0 Å². The minimum Gasteiger partial charge on any atom is -0.302 e. The second kappa shape index (κ2) is 6.02. The average Bonchev–Trinajstić information content (AvgIpc) is 2.94. The van der Waals surface area contributed by atoms with Gasteiger partial charge in [0.25, 0.3) is 7.44 Å². The summed E-state index contributed by atoms with van der Waals surface area (Å²) in [5, 5.41) is 0.803. The van der Waals surface area contributed by atoms with E-state index in [1.54, 1.807) is 0 Å². The molecule has 22 heavy (non-hydrogen) atoms. The third-order valence-electron chi connectivity index (χ3n) is 4.11. The van der Waals surface area contributed by atoms with Crippen LogP contribution >= 0.6 is 7.44 Å². The summed E-state index contributed by atoms with van der Waals surface area (Å²) in [6.07, 6.45) is 0.712. The summed E-state index contributed by atoms with van der Waals surface area (Å²) in [7, 11) is -2.85. The molecule has 114 valence electrons. The van der Waals surface area contributed by atoms with Crippen molar-refractivity contribution in [3.05, 3.63) is 72.6 Å². The van der Waals surface area contributed by atoms with Crippen molar-refractivity contribution in [2.45, 2.75) is 13.3 Å². The summed E-state index contributed by atoms with van der Waals surface area (Å²) in [5.41, 5.74) is 2.00. The van der Waals surface area contributed by atoms with Crippen molar-refractivity contribution in [1.82, 2.24) is 0 Å². The number of allylic oxidation sites excluding steroid dienone is 1. The summed E-state index contributed by atoms with van der Waals surface area (Å²) in [5.74, 6) is 0. The molecule has 3 rings (SSSR count). The number of para-hydroxylation sites is 2. The van der Waals surface area contributed by atoms with E-state index in [1.807, 2.05) is 76.9 Å². The molecule has 0 spiro atoms. The molecule has 0 amide bonds. The van der Waals surface area contributed by atoms with E-state index in [2.05, 4.69) is 6.58 Å². The lowest BCUT2D eigenvalue weighted by Crippen LogP contribution is -2.19. The van der Waals surface area contributed by atoms with Crippen LogP contribution in [0.1, 0.15) is 13.3 Å². The van der Waals surface area contributed by atoms with E-state index in [1.165, 1.54) is 0 Å². The monoisotopic (exact) mass is 312 g/mol. The van der Waals surface area contributed by atoms with Crippen LogP contribution in [0.15, 0.2) is 72.6 Å². The first-order chi connectivity index (χ1) is 10.7. The lowest BCUT2D eigenvalue weighted by molar-refractivity contribution is 0.578. The quantitative estimate of drug-likeness (QED) is 0.731. The van der Waals surface area contributed by atoms with E-state index in [0.717, 1.165) is 29.8 Å². The zero-order valence-electron chi connectivity index (χ0n) is 12.9. The van der Waals surface area contributed by atoms with Gasteiger partial charge in [0.15, 0.2) is 0 Å². The van der Waals surface area contributed by atoms with Gasteiger partial charge in [-0.2, -0.15) is 0 Å². The van der Waals surface area contributed by atoms with Gasteiger partial charge in [0, 0.05) is 29.8 Å². The number of rotatable bonds is 4. The average molecular weight is 312 g/mol. The fraction of sp³-hybridized carbons (Fsp3) is 0.222.